The molecular formula is C25H32N2O2. The minimum atomic E-state index is -0.614. The molecule has 0 aromatic heterocycles. The Hall–Kier alpha value is -2.62. The Bertz CT molecular complexity index is 875. The number of benzene rings is 2. The van der Waals surface area contributed by atoms with Gasteiger partial charge in [-0.1, -0.05) is 57.2 Å². The Morgan fingerprint density at radius 3 is 2.38 bits per heavy atom. The lowest BCUT2D eigenvalue weighted by Gasteiger charge is -2.22. The summed E-state index contributed by atoms with van der Waals surface area (Å²) in [4.78, 5) is 25.2. The molecule has 1 aliphatic carbocycles. The maximum Gasteiger partial charge on any atom is 0.313 e. The fraction of sp³-hybridized carbons (Fsp3) is 0.440. The second kappa shape index (κ2) is 9.73. The fourth-order valence-electron chi connectivity index (χ4n) is 4.05. The van der Waals surface area contributed by atoms with Crippen LogP contribution in [0.25, 0.3) is 0 Å². The van der Waals surface area contributed by atoms with Crippen LogP contribution < -0.4 is 10.6 Å². The van der Waals surface area contributed by atoms with Gasteiger partial charge in [-0.2, -0.15) is 0 Å². The summed E-state index contributed by atoms with van der Waals surface area (Å²) in [6, 6.07) is 14.0. The predicted octanol–water partition coefficient (Wildman–Crippen LogP) is 5.28. The number of hydrogen-bond acceptors (Lipinski definition) is 2. The van der Waals surface area contributed by atoms with Crippen molar-refractivity contribution >= 4 is 17.5 Å². The van der Waals surface area contributed by atoms with Crippen LogP contribution in [0.1, 0.15) is 80.7 Å². The first-order chi connectivity index (χ1) is 14.0. The summed E-state index contributed by atoms with van der Waals surface area (Å²) in [6.45, 7) is 6.26. The van der Waals surface area contributed by atoms with E-state index in [0.29, 0.717) is 11.6 Å². The normalized spacial score (nSPS) is 15.1. The molecule has 2 amide bonds. The molecule has 0 heterocycles. The largest absolute Gasteiger partial charge is 0.341 e. The molecule has 0 saturated carbocycles. The van der Waals surface area contributed by atoms with Crippen LogP contribution in [-0.2, 0) is 22.4 Å². The highest BCUT2D eigenvalue weighted by Gasteiger charge is 2.21. The maximum atomic E-state index is 12.6. The maximum absolute atomic E-state index is 12.6. The van der Waals surface area contributed by atoms with Crippen LogP contribution >= 0.6 is 0 Å². The summed E-state index contributed by atoms with van der Waals surface area (Å²) in [7, 11) is 0. The van der Waals surface area contributed by atoms with Gasteiger partial charge in [0.05, 0.1) is 6.04 Å². The first kappa shape index (κ1) is 21.1. The van der Waals surface area contributed by atoms with Crippen LogP contribution in [-0.4, -0.2) is 11.8 Å². The Kier molecular flexibility index (Phi) is 7.08. The standard InChI is InChI=1S/C25H32N2O2/c1-4-17(3)21-12-8-9-13-23(21)27-25(29)24(28)26-22(5-2)20-15-14-18-10-6-7-11-19(18)16-20/h8-9,12-17,22H,4-7,10-11H2,1-3H3,(H,26,28)(H,27,29). The summed E-state index contributed by atoms with van der Waals surface area (Å²) < 4.78 is 0. The fourth-order valence-corrected chi connectivity index (χ4v) is 4.05. The van der Waals surface area contributed by atoms with Crippen molar-refractivity contribution in [3.05, 3.63) is 64.7 Å². The molecule has 0 bridgehead atoms. The number of anilines is 1. The van der Waals surface area contributed by atoms with Crippen molar-refractivity contribution in [3.8, 4) is 0 Å². The quantitative estimate of drug-likeness (QED) is 0.657. The van der Waals surface area contributed by atoms with E-state index in [1.54, 1.807) is 0 Å². The lowest BCUT2D eigenvalue weighted by Crippen LogP contribution is -2.38. The Balaban J connectivity index is 1.69. The molecule has 4 nitrogen and oxygen atoms in total. The SMILES string of the molecule is CCC(C)c1ccccc1NC(=O)C(=O)NC(CC)c1ccc2c(c1)CCCC2. The van der Waals surface area contributed by atoms with Gasteiger partial charge in [0, 0.05) is 5.69 Å². The summed E-state index contributed by atoms with van der Waals surface area (Å²) >= 11 is 0. The molecule has 0 fully saturated rings. The van der Waals surface area contributed by atoms with E-state index in [-0.39, 0.29) is 6.04 Å². The lowest BCUT2D eigenvalue weighted by molar-refractivity contribution is -0.136. The first-order valence-corrected chi connectivity index (χ1v) is 10.9. The molecule has 4 heteroatoms. The zero-order valence-corrected chi connectivity index (χ0v) is 17.8. The Morgan fingerprint density at radius 2 is 1.66 bits per heavy atom. The molecule has 0 saturated heterocycles. The number of para-hydroxylation sites is 1. The molecule has 0 spiro atoms. The van der Waals surface area contributed by atoms with E-state index in [9.17, 15) is 9.59 Å². The van der Waals surface area contributed by atoms with Gasteiger partial charge in [0.1, 0.15) is 0 Å². The number of aryl methyl sites for hydroxylation is 2. The zero-order chi connectivity index (χ0) is 20.8. The van der Waals surface area contributed by atoms with E-state index in [1.807, 2.05) is 31.2 Å². The van der Waals surface area contributed by atoms with Gasteiger partial charge in [0.25, 0.3) is 0 Å². The van der Waals surface area contributed by atoms with E-state index in [0.717, 1.165) is 36.8 Å². The smallest absolute Gasteiger partial charge is 0.313 e. The van der Waals surface area contributed by atoms with E-state index in [4.69, 9.17) is 0 Å². The van der Waals surface area contributed by atoms with Crippen LogP contribution in [0.2, 0.25) is 0 Å². The van der Waals surface area contributed by atoms with Gasteiger partial charge in [-0.25, -0.2) is 0 Å². The number of carbonyl (C=O) groups is 2. The molecule has 2 aromatic rings. The minimum absolute atomic E-state index is 0.162. The van der Waals surface area contributed by atoms with Crippen molar-refractivity contribution < 1.29 is 9.59 Å². The van der Waals surface area contributed by atoms with Crippen molar-refractivity contribution in [3.63, 3.8) is 0 Å². The topological polar surface area (TPSA) is 58.2 Å². The van der Waals surface area contributed by atoms with Gasteiger partial charge in [-0.3, -0.25) is 9.59 Å². The number of carbonyl (C=O) groups excluding carboxylic acids is 2. The summed E-state index contributed by atoms with van der Waals surface area (Å²) in [5.41, 5.74) is 5.64. The number of rotatable bonds is 6. The van der Waals surface area contributed by atoms with E-state index < -0.39 is 11.8 Å². The van der Waals surface area contributed by atoms with Gasteiger partial charge >= 0.3 is 11.8 Å². The van der Waals surface area contributed by atoms with Crippen molar-refractivity contribution in [2.45, 2.75) is 71.3 Å². The predicted molar refractivity (Wildman–Crippen MR) is 118 cm³/mol. The average Bonchev–Trinajstić information content (AvgIpc) is 2.76. The van der Waals surface area contributed by atoms with Crippen molar-refractivity contribution in [2.24, 2.45) is 0 Å². The van der Waals surface area contributed by atoms with Crippen LogP contribution in [0, 0.1) is 0 Å². The molecule has 1 aliphatic rings. The van der Waals surface area contributed by atoms with Gasteiger partial charge < -0.3 is 10.6 Å². The molecule has 29 heavy (non-hydrogen) atoms. The summed E-state index contributed by atoms with van der Waals surface area (Å²) in [6.07, 6.45) is 6.41. The van der Waals surface area contributed by atoms with Crippen molar-refractivity contribution in [1.82, 2.24) is 5.32 Å². The van der Waals surface area contributed by atoms with Gasteiger partial charge in [-0.15, -0.1) is 0 Å². The summed E-state index contributed by atoms with van der Waals surface area (Å²) in [5.74, 6) is -0.890. The zero-order valence-electron chi connectivity index (χ0n) is 17.8. The monoisotopic (exact) mass is 392 g/mol. The van der Waals surface area contributed by atoms with Crippen LogP contribution in [0.4, 0.5) is 5.69 Å². The third kappa shape index (κ3) is 5.06. The van der Waals surface area contributed by atoms with E-state index >= 15 is 0 Å². The third-order valence-corrected chi connectivity index (χ3v) is 6.05. The highest BCUT2D eigenvalue weighted by molar-refractivity contribution is 6.39. The van der Waals surface area contributed by atoms with Gasteiger partial charge in [0.2, 0.25) is 0 Å². The third-order valence-electron chi connectivity index (χ3n) is 6.05. The lowest BCUT2D eigenvalue weighted by atomic mass is 9.89. The first-order valence-electron chi connectivity index (χ1n) is 10.9. The second-order valence-electron chi connectivity index (χ2n) is 8.02. The number of fused-ring (bicyclic) bond motifs is 1. The van der Waals surface area contributed by atoms with E-state index in [1.165, 1.54) is 24.0 Å². The molecular weight excluding hydrogens is 360 g/mol. The van der Waals surface area contributed by atoms with Crippen LogP contribution in [0.15, 0.2) is 42.5 Å². The highest BCUT2D eigenvalue weighted by Crippen LogP contribution is 2.27. The molecule has 154 valence electrons. The second-order valence-corrected chi connectivity index (χ2v) is 8.02. The molecule has 0 radical (unpaired) electrons. The molecule has 2 atom stereocenters. The number of hydrogen-bond donors (Lipinski definition) is 2. The molecule has 3 rings (SSSR count). The van der Waals surface area contributed by atoms with Crippen molar-refractivity contribution in [1.29, 1.82) is 0 Å². The Morgan fingerprint density at radius 1 is 0.931 bits per heavy atom. The summed E-state index contributed by atoms with van der Waals surface area (Å²) in [5, 5.41) is 5.73. The number of amides is 2. The van der Waals surface area contributed by atoms with Gasteiger partial charge in [0.15, 0.2) is 0 Å². The molecule has 2 N–H and O–H groups in total. The van der Waals surface area contributed by atoms with Crippen LogP contribution in [0.3, 0.4) is 0 Å². The van der Waals surface area contributed by atoms with Gasteiger partial charge in [-0.05, 0) is 72.8 Å². The van der Waals surface area contributed by atoms with Crippen molar-refractivity contribution in [2.75, 3.05) is 5.32 Å². The number of nitrogens with one attached hydrogen (secondary N) is 2. The highest BCUT2D eigenvalue weighted by atomic mass is 16.2. The van der Waals surface area contributed by atoms with Crippen LogP contribution in [0.5, 0.6) is 0 Å². The van der Waals surface area contributed by atoms with E-state index in [2.05, 4.69) is 42.7 Å². The Labute approximate surface area is 174 Å². The average molecular weight is 393 g/mol. The molecule has 0 aliphatic heterocycles. The minimum Gasteiger partial charge on any atom is -0.341 e. The molecule has 2 unspecified atom stereocenters. The molecule has 2 aromatic carbocycles.